The van der Waals surface area contributed by atoms with Crippen LogP contribution in [0.1, 0.15) is 56.0 Å². The van der Waals surface area contributed by atoms with Gasteiger partial charge < -0.3 is 19.6 Å². The number of hydrogen-bond donors (Lipinski definition) is 1. The first-order chi connectivity index (χ1) is 17.3. The number of anilines is 2. The van der Waals surface area contributed by atoms with Crippen molar-refractivity contribution in [2.24, 2.45) is 4.99 Å². The molecule has 1 saturated heterocycles. The summed E-state index contributed by atoms with van der Waals surface area (Å²) in [6.07, 6.45) is 5.62. The first kappa shape index (κ1) is 22.9. The zero-order valence-electron chi connectivity index (χ0n) is 21.1. The highest BCUT2D eigenvalue weighted by atomic mass is 16.5. The number of benzene rings is 1. The van der Waals surface area contributed by atoms with E-state index >= 15 is 0 Å². The number of fused-ring (bicyclic) bond motifs is 1. The Kier molecular flexibility index (Phi) is 5.44. The lowest BCUT2D eigenvalue weighted by Crippen LogP contribution is -2.47. The fourth-order valence-corrected chi connectivity index (χ4v) is 4.79. The normalized spacial score (nSPS) is 18.6. The third-order valence-corrected chi connectivity index (χ3v) is 7.34. The van der Waals surface area contributed by atoms with Crippen molar-refractivity contribution < 1.29 is 9.84 Å². The van der Waals surface area contributed by atoms with Gasteiger partial charge in [0.25, 0.3) is 0 Å². The van der Waals surface area contributed by atoms with Crippen molar-refractivity contribution in [2.45, 2.75) is 51.4 Å². The molecule has 3 aromatic rings. The Morgan fingerprint density at radius 1 is 0.917 bits per heavy atom. The minimum atomic E-state index is -0.888. The maximum absolute atomic E-state index is 10.4. The zero-order chi connectivity index (χ0) is 24.9. The third kappa shape index (κ3) is 4.53. The Balaban J connectivity index is 1.17. The van der Waals surface area contributed by atoms with E-state index in [4.69, 9.17) is 9.73 Å². The van der Waals surface area contributed by atoms with Gasteiger partial charge in [-0.1, -0.05) is 6.07 Å². The highest BCUT2D eigenvalue weighted by Crippen LogP contribution is 2.40. The average molecular weight is 485 g/mol. The van der Waals surface area contributed by atoms with Gasteiger partial charge in [-0.3, -0.25) is 4.99 Å². The van der Waals surface area contributed by atoms with Crippen molar-refractivity contribution in [3.63, 3.8) is 0 Å². The fraction of sp³-hybridized carbons (Fsp3) is 0.429. The molecule has 2 aromatic heterocycles. The third-order valence-electron chi connectivity index (χ3n) is 7.34. The summed E-state index contributed by atoms with van der Waals surface area (Å²) in [7, 11) is 0. The van der Waals surface area contributed by atoms with Gasteiger partial charge >= 0.3 is 0 Å². The van der Waals surface area contributed by atoms with Crippen molar-refractivity contribution >= 4 is 17.3 Å². The van der Waals surface area contributed by atoms with Crippen LogP contribution in [-0.2, 0) is 12.1 Å². The highest BCUT2D eigenvalue weighted by Gasteiger charge is 2.40. The molecule has 4 heterocycles. The van der Waals surface area contributed by atoms with Crippen molar-refractivity contribution in [1.82, 2.24) is 15.0 Å². The standard InChI is InChI=1S/C28H32N6O2/c1-27(2,35)20-6-9-29-24(14-20)33-10-12-34(13-11-33)25-16-23(31-18-32-25)26-22-15-21(36-28(3)7-8-28)5-4-19(22)17-30-26/h4-6,9,14-16,18,35H,7-8,10-13,17H2,1-3H3. The molecule has 0 amide bonds. The Morgan fingerprint density at radius 3 is 2.33 bits per heavy atom. The van der Waals surface area contributed by atoms with Crippen molar-refractivity contribution in [3.8, 4) is 5.75 Å². The smallest absolute Gasteiger partial charge is 0.132 e. The molecule has 1 aliphatic carbocycles. The maximum atomic E-state index is 10.4. The molecule has 0 radical (unpaired) electrons. The number of hydrogen-bond acceptors (Lipinski definition) is 8. The van der Waals surface area contributed by atoms with E-state index in [9.17, 15) is 5.11 Å². The molecule has 0 spiro atoms. The molecule has 0 atom stereocenters. The van der Waals surface area contributed by atoms with Gasteiger partial charge in [0, 0.05) is 44.0 Å². The molecule has 6 rings (SSSR count). The molecule has 2 fully saturated rings. The second-order valence-corrected chi connectivity index (χ2v) is 10.7. The molecule has 0 unspecified atom stereocenters. The molecule has 8 heteroatoms. The molecule has 1 aromatic carbocycles. The van der Waals surface area contributed by atoms with Gasteiger partial charge in [-0.05, 0) is 69.0 Å². The molecule has 2 aliphatic heterocycles. The van der Waals surface area contributed by atoms with Gasteiger partial charge in [0.1, 0.15) is 29.3 Å². The highest BCUT2D eigenvalue weighted by molar-refractivity contribution is 6.14. The molecule has 186 valence electrons. The predicted octanol–water partition coefficient (Wildman–Crippen LogP) is 3.71. The van der Waals surface area contributed by atoms with Crippen LogP contribution in [0.25, 0.3) is 0 Å². The molecular weight excluding hydrogens is 452 g/mol. The van der Waals surface area contributed by atoms with E-state index in [2.05, 4.69) is 49.9 Å². The van der Waals surface area contributed by atoms with E-state index in [0.717, 1.165) is 78.9 Å². The van der Waals surface area contributed by atoms with E-state index in [1.54, 1.807) is 26.4 Å². The summed E-state index contributed by atoms with van der Waals surface area (Å²) in [4.78, 5) is 23.0. The second-order valence-electron chi connectivity index (χ2n) is 10.7. The largest absolute Gasteiger partial charge is 0.488 e. The topological polar surface area (TPSA) is 87.0 Å². The molecule has 1 N–H and O–H groups in total. The number of pyridine rings is 1. The van der Waals surface area contributed by atoms with Crippen molar-refractivity contribution in [3.05, 3.63) is 71.3 Å². The lowest BCUT2D eigenvalue weighted by Gasteiger charge is -2.36. The monoisotopic (exact) mass is 484 g/mol. The molecule has 8 nitrogen and oxygen atoms in total. The van der Waals surface area contributed by atoms with Crippen molar-refractivity contribution in [2.75, 3.05) is 36.0 Å². The Labute approximate surface area is 211 Å². The van der Waals surface area contributed by atoms with Gasteiger partial charge in [0.05, 0.1) is 23.6 Å². The fourth-order valence-electron chi connectivity index (χ4n) is 4.79. The number of rotatable bonds is 6. The van der Waals surface area contributed by atoms with Crippen LogP contribution in [-0.4, -0.2) is 57.6 Å². The zero-order valence-corrected chi connectivity index (χ0v) is 21.1. The summed E-state index contributed by atoms with van der Waals surface area (Å²) in [5.74, 6) is 2.70. The van der Waals surface area contributed by atoms with E-state index in [1.807, 2.05) is 18.2 Å². The first-order valence-electron chi connectivity index (χ1n) is 12.7. The molecular formula is C28H32N6O2. The Bertz CT molecular complexity index is 1320. The van der Waals surface area contributed by atoms with Gasteiger partial charge in [-0.15, -0.1) is 0 Å². The second kappa shape index (κ2) is 8.55. The lowest BCUT2D eigenvalue weighted by atomic mass is 9.99. The number of aliphatic imine (C=N–C) groups is 1. The number of nitrogens with zero attached hydrogens (tertiary/aromatic N) is 6. The molecule has 3 aliphatic rings. The van der Waals surface area contributed by atoms with Crippen LogP contribution in [0.15, 0.2) is 53.9 Å². The minimum Gasteiger partial charge on any atom is -0.488 e. The summed E-state index contributed by atoms with van der Waals surface area (Å²) in [6.45, 7) is 9.71. The Hall–Kier alpha value is -3.52. The minimum absolute atomic E-state index is 0.0144. The summed E-state index contributed by atoms with van der Waals surface area (Å²) >= 11 is 0. The van der Waals surface area contributed by atoms with E-state index in [0.29, 0.717) is 6.54 Å². The van der Waals surface area contributed by atoms with Crippen LogP contribution in [0.2, 0.25) is 0 Å². The predicted molar refractivity (Wildman–Crippen MR) is 140 cm³/mol. The SMILES string of the molecule is CC1(Oc2ccc3c(c2)C(c2cc(N4CCN(c5cc(C(C)(C)O)ccn5)CC4)ncn2)=NC3)CC1. The van der Waals surface area contributed by atoms with Crippen LogP contribution < -0.4 is 14.5 Å². The van der Waals surface area contributed by atoms with Crippen LogP contribution in [0.5, 0.6) is 5.75 Å². The number of piperazine rings is 1. The van der Waals surface area contributed by atoms with E-state index in [-0.39, 0.29) is 5.60 Å². The number of aromatic nitrogens is 3. The summed E-state index contributed by atoms with van der Waals surface area (Å²) < 4.78 is 6.19. The van der Waals surface area contributed by atoms with Crippen LogP contribution in [0, 0.1) is 0 Å². The number of ether oxygens (including phenoxy) is 1. The van der Waals surface area contributed by atoms with Crippen molar-refractivity contribution in [1.29, 1.82) is 0 Å². The molecule has 1 saturated carbocycles. The van der Waals surface area contributed by atoms with Gasteiger partial charge in [0.15, 0.2) is 0 Å². The quantitative estimate of drug-likeness (QED) is 0.571. The van der Waals surface area contributed by atoms with E-state index < -0.39 is 5.60 Å². The van der Waals surface area contributed by atoms with Gasteiger partial charge in [-0.2, -0.15) is 0 Å². The maximum Gasteiger partial charge on any atom is 0.132 e. The molecule has 36 heavy (non-hydrogen) atoms. The van der Waals surface area contributed by atoms with Crippen LogP contribution >= 0.6 is 0 Å². The van der Waals surface area contributed by atoms with E-state index in [1.165, 1.54) is 5.56 Å². The summed E-state index contributed by atoms with van der Waals surface area (Å²) in [6, 6.07) is 12.2. The Morgan fingerprint density at radius 2 is 1.64 bits per heavy atom. The average Bonchev–Trinajstić information content (AvgIpc) is 3.45. The molecule has 0 bridgehead atoms. The summed E-state index contributed by atoms with van der Waals surface area (Å²) in [5, 5.41) is 10.4. The van der Waals surface area contributed by atoms with Crippen LogP contribution in [0.4, 0.5) is 11.6 Å². The first-order valence-corrected chi connectivity index (χ1v) is 12.7. The van der Waals surface area contributed by atoms with Crippen LogP contribution in [0.3, 0.4) is 0 Å². The van der Waals surface area contributed by atoms with Gasteiger partial charge in [0.2, 0.25) is 0 Å². The summed E-state index contributed by atoms with van der Waals surface area (Å²) in [5.41, 5.74) is 4.02. The lowest BCUT2D eigenvalue weighted by molar-refractivity contribution is 0.0785. The number of aliphatic hydroxyl groups is 1. The van der Waals surface area contributed by atoms with Gasteiger partial charge in [-0.25, -0.2) is 15.0 Å².